The highest BCUT2D eigenvalue weighted by molar-refractivity contribution is 7.16. The summed E-state index contributed by atoms with van der Waals surface area (Å²) >= 11 is 7.98. The number of hydrogen-bond donors (Lipinski definition) is 2. The van der Waals surface area contributed by atoms with E-state index in [1.54, 1.807) is 22.9 Å². The van der Waals surface area contributed by atoms with E-state index in [2.05, 4.69) is 15.6 Å². The van der Waals surface area contributed by atoms with Gasteiger partial charge in [0.05, 0.1) is 21.3 Å². The maximum Gasteiger partial charge on any atom is 0.407 e. The van der Waals surface area contributed by atoms with Gasteiger partial charge in [0.1, 0.15) is 18.5 Å². The van der Waals surface area contributed by atoms with Crippen molar-refractivity contribution in [3.8, 4) is 0 Å². The van der Waals surface area contributed by atoms with Crippen LogP contribution in [0.4, 0.5) is 9.18 Å². The summed E-state index contributed by atoms with van der Waals surface area (Å²) in [6, 6.07) is 5.94. The quantitative estimate of drug-likeness (QED) is 0.458. The molecule has 0 bridgehead atoms. The normalized spacial score (nSPS) is 22.7. The van der Waals surface area contributed by atoms with Crippen LogP contribution < -0.4 is 10.6 Å². The number of fused-ring (bicyclic) bond motifs is 2. The monoisotopic (exact) mass is 556 g/mol. The first-order valence-electron chi connectivity index (χ1n) is 12.2. The minimum atomic E-state index is -0.832. The van der Waals surface area contributed by atoms with Crippen molar-refractivity contribution in [3.63, 3.8) is 0 Å². The number of benzene rings is 2. The van der Waals surface area contributed by atoms with Gasteiger partial charge in [0.2, 0.25) is 11.8 Å². The van der Waals surface area contributed by atoms with Crippen LogP contribution >= 0.6 is 22.9 Å². The molecular formula is C26H22ClFN4O5S. The lowest BCUT2D eigenvalue weighted by molar-refractivity contribution is -0.136. The summed E-state index contributed by atoms with van der Waals surface area (Å²) in [7, 11) is 0. The molecule has 0 radical (unpaired) electrons. The summed E-state index contributed by atoms with van der Waals surface area (Å²) in [6.07, 6.45) is 0.993. The lowest BCUT2D eigenvalue weighted by Crippen LogP contribution is -2.52. The second kappa shape index (κ2) is 9.63. The van der Waals surface area contributed by atoms with Gasteiger partial charge in [-0.2, -0.15) is 0 Å². The van der Waals surface area contributed by atoms with Crippen LogP contribution in [0.3, 0.4) is 0 Å². The van der Waals surface area contributed by atoms with Crippen molar-refractivity contribution in [1.29, 1.82) is 0 Å². The molecule has 38 heavy (non-hydrogen) atoms. The Morgan fingerprint density at radius 3 is 2.84 bits per heavy atom. The Bertz CT molecular complexity index is 1500. The summed E-state index contributed by atoms with van der Waals surface area (Å²) < 4.78 is 21.6. The Kier molecular flexibility index (Phi) is 6.27. The van der Waals surface area contributed by atoms with Gasteiger partial charge in [-0.25, -0.2) is 14.2 Å². The third-order valence-electron chi connectivity index (χ3n) is 7.43. The van der Waals surface area contributed by atoms with Gasteiger partial charge in [0.15, 0.2) is 0 Å². The van der Waals surface area contributed by atoms with Crippen LogP contribution in [0.1, 0.15) is 58.6 Å². The summed E-state index contributed by atoms with van der Waals surface area (Å²) in [6.45, 7) is -0.281. The van der Waals surface area contributed by atoms with Crippen LogP contribution in [-0.4, -0.2) is 45.8 Å². The van der Waals surface area contributed by atoms with E-state index in [-0.39, 0.29) is 49.1 Å². The molecule has 1 saturated carbocycles. The van der Waals surface area contributed by atoms with Crippen molar-refractivity contribution in [2.45, 2.75) is 56.8 Å². The standard InChI is InChI=1S/C26H22ClFN4O5S/c27-16-3-5-18-23(29-11-38-18)20(16)14-7-15(8-14)30-26(36)37-10-13-2-1-12-9-32(25(35)21(12)22(13)28)17-4-6-19(33)31-24(17)34/h1-3,5,11,14-15,17H,4,6-10H2,(H,30,36)(H,31,33,34). The molecule has 2 fully saturated rings. The van der Waals surface area contributed by atoms with E-state index in [1.165, 1.54) is 11.0 Å². The molecule has 1 aliphatic carbocycles. The summed E-state index contributed by atoms with van der Waals surface area (Å²) in [5.41, 5.74) is 4.05. The van der Waals surface area contributed by atoms with Crippen molar-refractivity contribution in [2.75, 3.05) is 0 Å². The number of alkyl carbamates (subject to hydrolysis) is 1. The molecule has 4 amide bonds. The zero-order valence-electron chi connectivity index (χ0n) is 20.0. The SMILES string of the molecule is O=C1CCC(N2Cc3ccc(COC(=O)NC4CC(c5c(Cl)ccc6scnc56)C4)c(F)c3C2=O)C(=O)N1. The molecule has 1 aromatic heterocycles. The van der Waals surface area contributed by atoms with E-state index in [9.17, 15) is 19.2 Å². The molecular weight excluding hydrogens is 535 g/mol. The van der Waals surface area contributed by atoms with Gasteiger partial charge in [-0.3, -0.25) is 19.7 Å². The van der Waals surface area contributed by atoms with Gasteiger partial charge in [-0.15, -0.1) is 11.3 Å². The second-order valence-electron chi connectivity index (χ2n) is 9.72. The predicted molar refractivity (Wildman–Crippen MR) is 136 cm³/mol. The van der Waals surface area contributed by atoms with Crippen LogP contribution in [0, 0.1) is 5.82 Å². The molecule has 9 nitrogen and oxygen atoms in total. The zero-order valence-corrected chi connectivity index (χ0v) is 21.5. The van der Waals surface area contributed by atoms with E-state index >= 15 is 4.39 Å². The second-order valence-corrected chi connectivity index (χ2v) is 11.0. The lowest BCUT2D eigenvalue weighted by atomic mass is 9.75. The number of nitrogens with one attached hydrogen (secondary N) is 2. The van der Waals surface area contributed by atoms with Crippen molar-refractivity contribution >= 4 is 57.0 Å². The van der Waals surface area contributed by atoms with E-state index in [0.29, 0.717) is 23.4 Å². The highest BCUT2D eigenvalue weighted by Crippen LogP contribution is 2.43. The van der Waals surface area contributed by atoms with Crippen LogP contribution in [0.15, 0.2) is 29.8 Å². The highest BCUT2D eigenvalue weighted by atomic mass is 35.5. The van der Waals surface area contributed by atoms with Gasteiger partial charge in [-0.05, 0) is 42.9 Å². The van der Waals surface area contributed by atoms with E-state index < -0.39 is 35.7 Å². The maximum atomic E-state index is 15.3. The number of rotatable bonds is 5. The Morgan fingerprint density at radius 1 is 1.24 bits per heavy atom. The molecule has 1 saturated heterocycles. The molecule has 3 aromatic rings. The fourth-order valence-electron chi connectivity index (χ4n) is 5.40. The number of amides is 4. The number of imide groups is 1. The fourth-order valence-corrected chi connectivity index (χ4v) is 6.40. The zero-order chi connectivity index (χ0) is 26.6. The molecule has 2 N–H and O–H groups in total. The third kappa shape index (κ3) is 4.29. The van der Waals surface area contributed by atoms with Gasteiger partial charge < -0.3 is 15.0 Å². The van der Waals surface area contributed by atoms with Crippen LogP contribution in [0.25, 0.3) is 10.2 Å². The number of hydrogen-bond acceptors (Lipinski definition) is 7. The molecule has 196 valence electrons. The first kappa shape index (κ1) is 24.7. The van der Waals surface area contributed by atoms with Gasteiger partial charge in [0.25, 0.3) is 5.91 Å². The third-order valence-corrected chi connectivity index (χ3v) is 8.55. The van der Waals surface area contributed by atoms with E-state index in [0.717, 1.165) is 15.8 Å². The Morgan fingerprint density at radius 2 is 2.05 bits per heavy atom. The van der Waals surface area contributed by atoms with Crippen molar-refractivity contribution < 1.29 is 28.3 Å². The smallest absolute Gasteiger partial charge is 0.407 e. The number of carbonyl (C=O) groups is 4. The predicted octanol–water partition coefficient (Wildman–Crippen LogP) is 4.02. The Hall–Kier alpha value is -3.57. The molecule has 2 aliphatic heterocycles. The number of thiazole rings is 1. The minimum Gasteiger partial charge on any atom is -0.445 e. The molecule has 3 heterocycles. The number of halogens is 2. The number of nitrogens with zero attached hydrogens (tertiary/aromatic N) is 2. The largest absolute Gasteiger partial charge is 0.445 e. The molecule has 2 aromatic carbocycles. The van der Waals surface area contributed by atoms with Crippen molar-refractivity contribution in [3.05, 3.63) is 62.9 Å². The summed E-state index contributed by atoms with van der Waals surface area (Å²) in [4.78, 5) is 54.7. The molecule has 3 aliphatic rings. The van der Waals surface area contributed by atoms with Crippen molar-refractivity contribution in [1.82, 2.24) is 20.5 Å². The Labute approximate surface area is 225 Å². The molecule has 1 unspecified atom stereocenters. The van der Waals surface area contributed by atoms with Gasteiger partial charge in [-0.1, -0.05) is 23.7 Å². The van der Waals surface area contributed by atoms with Gasteiger partial charge in [0, 0.05) is 35.2 Å². The van der Waals surface area contributed by atoms with E-state index in [4.69, 9.17) is 16.3 Å². The number of ether oxygens (including phenoxy) is 1. The molecule has 0 spiro atoms. The van der Waals surface area contributed by atoms with Crippen LogP contribution in [-0.2, 0) is 27.5 Å². The minimum absolute atomic E-state index is 0.0610. The van der Waals surface area contributed by atoms with Gasteiger partial charge >= 0.3 is 6.09 Å². The van der Waals surface area contributed by atoms with Crippen molar-refractivity contribution in [2.24, 2.45) is 0 Å². The average molecular weight is 557 g/mol. The number of carbonyl (C=O) groups excluding carboxylic acids is 4. The number of aromatic nitrogens is 1. The maximum absolute atomic E-state index is 15.3. The number of piperidine rings is 1. The first-order chi connectivity index (χ1) is 18.3. The summed E-state index contributed by atoms with van der Waals surface area (Å²) in [5.74, 6) is -2.17. The van der Waals surface area contributed by atoms with E-state index in [1.807, 2.05) is 12.1 Å². The Balaban J connectivity index is 1.05. The topological polar surface area (TPSA) is 118 Å². The first-order valence-corrected chi connectivity index (χ1v) is 13.5. The summed E-state index contributed by atoms with van der Waals surface area (Å²) in [5, 5.41) is 5.67. The van der Waals surface area contributed by atoms with Crippen LogP contribution in [0.2, 0.25) is 5.02 Å². The average Bonchev–Trinajstić information content (AvgIpc) is 3.46. The highest BCUT2D eigenvalue weighted by Gasteiger charge is 2.41. The molecule has 1 atom stereocenters. The fraction of sp³-hybridized carbons (Fsp3) is 0.346. The lowest BCUT2D eigenvalue weighted by Gasteiger charge is -2.36. The molecule has 12 heteroatoms. The van der Waals surface area contributed by atoms with Crippen LogP contribution in [0.5, 0.6) is 0 Å². The molecule has 6 rings (SSSR count).